The molecule has 0 unspecified atom stereocenters. The smallest absolute Gasteiger partial charge is 0.294 e. The molecule has 2 N–H and O–H groups in total. The number of nitrogens with zero attached hydrogens (tertiary/aromatic N) is 2. The van der Waals surface area contributed by atoms with Crippen molar-refractivity contribution in [1.29, 1.82) is 0 Å². The summed E-state index contributed by atoms with van der Waals surface area (Å²) in [7, 11) is 0. The van der Waals surface area contributed by atoms with Crippen LogP contribution in [0.5, 0.6) is 0 Å². The maximum Gasteiger partial charge on any atom is 0.294 e. The summed E-state index contributed by atoms with van der Waals surface area (Å²) < 4.78 is 5.15. The summed E-state index contributed by atoms with van der Waals surface area (Å²) in [5.74, 6) is 0. The van der Waals surface area contributed by atoms with Gasteiger partial charge in [-0.1, -0.05) is 20.8 Å². The molecule has 2 heterocycles. The van der Waals surface area contributed by atoms with E-state index in [1.165, 1.54) is 0 Å². The Hall–Kier alpha value is -1.29. The van der Waals surface area contributed by atoms with Gasteiger partial charge in [-0.3, -0.25) is 0 Å². The standard InChI is InChI=1S/C10H12ClN3O/c1-10(2,3)7-5(12)4-6-8(14-7)15-9(11)13-6/h4H,12H2,1-3H3. The molecule has 0 saturated heterocycles. The van der Waals surface area contributed by atoms with Crippen LogP contribution in [0.4, 0.5) is 5.69 Å². The second kappa shape index (κ2) is 3.10. The van der Waals surface area contributed by atoms with Gasteiger partial charge in [-0.2, -0.15) is 4.98 Å². The Balaban J connectivity index is 2.72. The highest BCUT2D eigenvalue weighted by atomic mass is 35.5. The first kappa shape index (κ1) is 10.2. The molecule has 0 aliphatic carbocycles. The minimum atomic E-state index is -0.127. The lowest BCUT2D eigenvalue weighted by molar-refractivity contribution is 0.554. The van der Waals surface area contributed by atoms with E-state index in [4.69, 9.17) is 21.8 Å². The molecular weight excluding hydrogens is 214 g/mol. The fraction of sp³-hybridized carbons (Fsp3) is 0.400. The van der Waals surface area contributed by atoms with Gasteiger partial charge in [0.2, 0.25) is 5.71 Å². The predicted octanol–water partition coefficient (Wildman–Crippen LogP) is 2.76. The van der Waals surface area contributed by atoms with E-state index in [1.807, 2.05) is 20.8 Å². The molecule has 2 aromatic heterocycles. The number of hydrogen-bond donors (Lipinski definition) is 1. The quantitative estimate of drug-likeness (QED) is 0.749. The Morgan fingerprint density at radius 3 is 2.60 bits per heavy atom. The molecule has 0 aliphatic heterocycles. The van der Waals surface area contributed by atoms with Crippen LogP contribution in [0.2, 0.25) is 5.35 Å². The maximum atomic E-state index is 5.89. The monoisotopic (exact) mass is 225 g/mol. The van der Waals surface area contributed by atoms with Crippen molar-refractivity contribution in [2.75, 3.05) is 5.73 Å². The molecule has 0 spiro atoms. The van der Waals surface area contributed by atoms with Gasteiger partial charge in [0.25, 0.3) is 5.35 Å². The van der Waals surface area contributed by atoms with Crippen LogP contribution in [-0.4, -0.2) is 9.97 Å². The highest BCUT2D eigenvalue weighted by Crippen LogP contribution is 2.29. The number of fused-ring (bicyclic) bond motifs is 1. The second-order valence-corrected chi connectivity index (χ2v) is 4.79. The Kier molecular flexibility index (Phi) is 2.12. The zero-order valence-corrected chi connectivity index (χ0v) is 9.59. The van der Waals surface area contributed by atoms with Crippen molar-refractivity contribution < 1.29 is 4.42 Å². The first-order valence-electron chi connectivity index (χ1n) is 4.61. The Morgan fingerprint density at radius 1 is 1.33 bits per heavy atom. The van der Waals surface area contributed by atoms with Crippen LogP contribution >= 0.6 is 11.6 Å². The van der Waals surface area contributed by atoms with Gasteiger partial charge in [-0.25, -0.2) is 4.98 Å². The molecule has 0 bridgehead atoms. The van der Waals surface area contributed by atoms with Gasteiger partial charge < -0.3 is 10.2 Å². The zero-order chi connectivity index (χ0) is 11.2. The summed E-state index contributed by atoms with van der Waals surface area (Å²) in [6, 6.07) is 1.73. The van der Waals surface area contributed by atoms with E-state index in [0.717, 1.165) is 5.69 Å². The van der Waals surface area contributed by atoms with Gasteiger partial charge >= 0.3 is 0 Å². The zero-order valence-electron chi connectivity index (χ0n) is 8.84. The van der Waals surface area contributed by atoms with Crippen molar-refractivity contribution in [2.24, 2.45) is 0 Å². The molecule has 0 aromatic carbocycles. The van der Waals surface area contributed by atoms with Crippen LogP contribution in [0.1, 0.15) is 26.5 Å². The Morgan fingerprint density at radius 2 is 2.00 bits per heavy atom. The average Bonchev–Trinajstić information content (AvgIpc) is 2.40. The summed E-state index contributed by atoms with van der Waals surface area (Å²) in [6.45, 7) is 6.11. The minimum Gasteiger partial charge on any atom is -0.408 e. The van der Waals surface area contributed by atoms with Crippen molar-refractivity contribution in [3.8, 4) is 0 Å². The highest BCUT2D eigenvalue weighted by Gasteiger charge is 2.21. The molecule has 15 heavy (non-hydrogen) atoms. The van der Waals surface area contributed by atoms with E-state index in [-0.39, 0.29) is 10.8 Å². The lowest BCUT2D eigenvalue weighted by Gasteiger charge is -2.18. The fourth-order valence-corrected chi connectivity index (χ4v) is 1.62. The molecule has 2 rings (SSSR count). The van der Waals surface area contributed by atoms with Gasteiger partial charge in [0.05, 0.1) is 11.4 Å². The number of halogens is 1. The van der Waals surface area contributed by atoms with Crippen molar-refractivity contribution in [3.63, 3.8) is 0 Å². The van der Waals surface area contributed by atoms with Crippen LogP contribution in [0.15, 0.2) is 10.5 Å². The third-order valence-electron chi connectivity index (χ3n) is 2.10. The minimum absolute atomic E-state index is 0.0861. The third-order valence-corrected chi connectivity index (χ3v) is 2.26. The third kappa shape index (κ3) is 1.77. The van der Waals surface area contributed by atoms with Crippen LogP contribution in [0.25, 0.3) is 11.2 Å². The molecule has 5 heteroatoms. The van der Waals surface area contributed by atoms with Gasteiger partial charge in [-0.05, 0) is 17.7 Å². The number of nitrogens with two attached hydrogens (primary N) is 1. The normalized spacial score (nSPS) is 12.3. The second-order valence-electron chi connectivity index (χ2n) is 4.47. The lowest BCUT2D eigenvalue weighted by Crippen LogP contribution is -2.16. The van der Waals surface area contributed by atoms with Crippen LogP contribution < -0.4 is 5.73 Å². The van der Waals surface area contributed by atoms with Crippen molar-refractivity contribution in [2.45, 2.75) is 26.2 Å². The number of anilines is 1. The molecule has 80 valence electrons. The molecular formula is C10H12ClN3O. The molecule has 0 radical (unpaired) electrons. The van der Waals surface area contributed by atoms with E-state index in [0.29, 0.717) is 16.9 Å². The fourth-order valence-electron chi connectivity index (χ4n) is 1.45. The van der Waals surface area contributed by atoms with Gasteiger partial charge in [0, 0.05) is 5.41 Å². The van der Waals surface area contributed by atoms with Gasteiger partial charge in [0.15, 0.2) is 0 Å². The summed E-state index contributed by atoms with van der Waals surface area (Å²) in [6.07, 6.45) is 0. The molecule has 0 atom stereocenters. The number of hydrogen-bond acceptors (Lipinski definition) is 4. The first-order chi connectivity index (χ1) is 6.88. The number of nitrogen functional groups attached to an aromatic ring is 1. The largest absolute Gasteiger partial charge is 0.408 e. The summed E-state index contributed by atoms with van der Waals surface area (Å²) in [5.41, 5.74) is 8.19. The van der Waals surface area contributed by atoms with E-state index in [9.17, 15) is 0 Å². The van der Waals surface area contributed by atoms with Crippen molar-refractivity contribution in [3.05, 3.63) is 17.1 Å². The van der Waals surface area contributed by atoms with Crippen LogP contribution in [0.3, 0.4) is 0 Å². The van der Waals surface area contributed by atoms with Crippen LogP contribution in [0, 0.1) is 0 Å². The molecule has 2 aromatic rings. The van der Waals surface area contributed by atoms with Gasteiger partial charge in [0.1, 0.15) is 5.52 Å². The van der Waals surface area contributed by atoms with E-state index >= 15 is 0 Å². The molecule has 0 saturated carbocycles. The highest BCUT2D eigenvalue weighted by molar-refractivity contribution is 6.28. The SMILES string of the molecule is CC(C)(C)c1nc2oc(Cl)nc2cc1N. The molecule has 4 nitrogen and oxygen atoms in total. The summed E-state index contributed by atoms with van der Waals surface area (Å²) >= 11 is 5.64. The van der Waals surface area contributed by atoms with Gasteiger partial charge in [-0.15, -0.1) is 0 Å². The Labute approximate surface area is 92.4 Å². The predicted molar refractivity (Wildman–Crippen MR) is 59.9 cm³/mol. The number of oxazole rings is 1. The van der Waals surface area contributed by atoms with E-state index in [2.05, 4.69) is 9.97 Å². The first-order valence-corrected chi connectivity index (χ1v) is 4.99. The van der Waals surface area contributed by atoms with Crippen LogP contribution in [-0.2, 0) is 5.41 Å². The lowest BCUT2D eigenvalue weighted by atomic mass is 9.90. The number of rotatable bonds is 0. The summed E-state index contributed by atoms with van der Waals surface area (Å²) in [4.78, 5) is 8.28. The van der Waals surface area contributed by atoms with E-state index < -0.39 is 0 Å². The number of pyridine rings is 1. The maximum absolute atomic E-state index is 5.89. The number of aromatic nitrogens is 2. The topological polar surface area (TPSA) is 64.9 Å². The molecule has 0 fully saturated rings. The molecule has 0 aliphatic rings. The molecule has 0 amide bonds. The Bertz CT molecular complexity index is 513. The van der Waals surface area contributed by atoms with Crippen molar-refractivity contribution >= 4 is 28.5 Å². The van der Waals surface area contributed by atoms with E-state index in [1.54, 1.807) is 6.07 Å². The average molecular weight is 226 g/mol. The summed E-state index contributed by atoms with van der Waals surface area (Å²) in [5, 5.41) is 0.0861. The van der Waals surface area contributed by atoms with Crippen molar-refractivity contribution in [1.82, 2.24) is 9.97 Å².